The molecule has 4 amide bonds. The lowest BCUT2D eigenvalue weighted by molar-refractivity contribution is -0.148. The van der Waals surface area contributed by atoms with E-state index in [2.05, 4.69) is 23.8 Å². The molecule has 1 aromatic rings. The minimum absolute atomic E-state index is 0.0262. The van der Waals surface area contributed by atoms with Crippen molar-refractivity contribution in [2.75, 3.05) is 13.7 Å². The number of carbonyl (C=O) groups excluding carboxylic acids is 5. The highest BCUT2D eigenvalue weighted by Crippen LogP contribution is 2.45. The molecule has 5 atom stereocenters. The van der Waals surface area contributed by atoms with Crippen molar-refractivity contribution in [3.05, 3.63) is 60.5 Å². The monoisotopic (exact) mass is 670 g/mol. The molecule has 1 aromatic carbocycles. The lowest BCUT2D eigenvalue weighted by atomic mass is 10.0. The van der Waals surface area contributed by atoms with E-state index < -0.39 is 65.1 Å². The van der Waals surface area contributed by atoms with Crippen LogP contribution in [-0.4, -0.2) is 82.8 Å². The van der Waals surface area contributed by atoms with Gasteiger partial charge in [0.1, 0.15) is 35.1 Å². The highest BCUT2D eigenvalue weighted by Gasteiger charge is 2.62. The van der Waals surface area contributed by atoms with Gasteiger partial charge in [0.05, 0.1) is 20.2 Å². The molecule has 2 heterocycles. The van der Waals surface area contributed by atoms with Gasteiger partial charge in [0, 0.05) is 24.4 Å². The summed E-state index contributed by atoms with van der Waals surface area (Å²) < 4.78 is 30.5. The molecule has 2 fully saturated rings. The molecule has 4 rings (SSSR count). The molecule has 13 heteroatoms. The minimum atomic E-state index is -1.32. The van der Waals surface area contributed by atoms with Crippen molar-refractivity contribution in [3.63, 3.8) is 0 Å². The van der Waals surface area contributed by atoms with Crippen LogP contribution in [0.3, 0.4) is 0 Å². The number of hydrogen-bond donors (Lipinski definition) is 2. The number of amides is 4. The summed E-state index contributed by atoms with van der Waals surface area (Å²) in [5.41, 5.74) is -1.05. The number of allylic oxidation sites excluding steroid dienone is 1. The summed E-state index contributed by atoms with van der Waals surface area (Å²) in [7, 11) is 1.22. The molecule has 2 N–H and O–H groups in total. The van der Waals surface area contributed by atoms with E-state index in [-0.39, 0.29) is 44.8 Å². The zero-order valence-corrected chi connectivity index (χ0v) is 28.2. The number of carbonyl (C=O) groups is 5. The highest BCUT2D eigenvalue weighted by molar-refractivity contribution is 5.96. The fraction of sp³-hybridized carbons (Fsp3) is 0.571. The number of benzene rings is 1. The number of methoxy groups -OCH3 is 1. The van der Waals surface area contributed by atoms with Crippen LogP contribution in [0.5, 0.6) is 0 Å². The Hall–Kier alpha value is -4.42. The summed E-state index contributed by atoms with van der Waals surface area (Å²) in [4.78, 5) is 69.5. The van der Waals surface area contributed by atoms with Crippen LogP contribution in [0.2, 0.25) is 0 Å². The molecule has 1 unspecified atom stereocenters. The van der Waals surface area contributed by atoms with Gasteiger partial charge in [-0.2, -0.15) is 0 Å². The molecule has 0 bridgehead atoms. The second-order valence-electron chi connectivity index (χ2n) is 13.6. The van der Waals surface area contributed by atoms with Crippen LogP contribution in [-0.2, 0) is 41.7 Å². The van der Waals surface area contributed by atoms with Crippen molar-refractivity contribution in [2.24, 2.45) is 5.92 Å². The Morgan fingerprint density at radius 1 is 1.12 bits per heavy atom. The summed E-state index contributed by atoms with van der Waals surface area (Å²) in [6.45, 7) is 12.6. The lowest BCUT2D eigenvalue weighted by Gasteiger charge is -2.30. The van der Waals surface area contributed by atoms with E-state index in [1.165, 1.54) is 23.0 Å². The first kappa shape index (κ1) is 36.4. The molecular formula is C35H47FN4O8. The first-order chi connectivity index (χ1) is 22.7. The van der Waals surface area contributed by atoms with Crippen LogP contribution in [0.25, 0.3) is 0 Å². The van der Waals surface area contributed by atoms with E-state index in [1.807, 2.05) is 6.08 Å². The number of rotatable bonds is 13. The van der Waals surface area contributed by atoms with Gasteiger partial charge in [0.15, 0.2) is 0 Å². The zero-order chi connectivity index (χ0) is 35.2. The predicted octanol–water partition coefficient (Wildman–Crippen LogP) is 4.51. The third-order valence-electron chi connectivity index (χ3n) is 8.89. The molecule has 1 saturated carbocycles. The molecule has 12 nitrogen and oxygen atoms in total. The molecule has 1 aliphatic carbocycles. The van der Waals surface area contributed by atoms with Gasteiger partial charge in [0.25, 0.3) is 0 Å². The number of nitrogens with zero attached hydrogens (tertiary/aromatic N) is 2. The Bertz CT molecular complexity index is 1430. The van der Waals surface area contributed by atoms with E-state index in [4.69, 9.17) is 14.2 Å². The van der Waals surface area contributed by atoms with Crippen LogP contribution in [0.1, 0.15) is 76.8 Å². The first-order valence-electron chi connectivity index (χ1n) is 16.4. The molecule has 0 radical (unpaired) electrons. The minimum Gasteiger partial charge on any atom is -0.467 e. The lowest BCUT2D eigenvalue weighted by Crippen LogP contribution is -2.56. The first-order valence-corrected chi connectivity index (χ1v) is 16.4. The van der Waals surface area contributed by atoms with Gasteiger partial charge in [-0.1, -0.05) is 37.1 Å². The van der Waals surface area contributed by atoms with Crippen molar-refractivity contribution in [2.45, 2.75) is 108 Å². The summed E-state index contributed by atoms with van der Waals surface area (Å²) >= 11 is 0. The predicted molar refractivity (Wildman–Crippen MR) is 174 cm³/mol. The van der Waals surface area contributed by atoms with E-state index in [0.717, 1.165) is 19.3 Å². The average molecular weight is 671 g/mol. The number of hydrogen-bond acceptors (Lipinski definition) is 8. The number of fused-ring (bicyclic) bond motifs is 1. The van der Waals surface area contributed by atoms with Gasteiger partial charge in [-0.15, -0.1) is 13.2 Å². The normalized spacial score (nSPS) is 23.4. The second-order valence-corrected chi connectivity index (χ2v) is 13.6. The largest absolute Gasteiger partial charge is 0.467 e. The van der Waals surface area contributed by atoms with Gasteiger partial charge in [-0.25, -0.2) is 18.8 Å². The maximum absolute atomic E-state index is 14.3. The number of esters is 1. The molecule has 0 spiro atoms. The third kappa shape index (κ3) is 8.53. The molecule has 2 aliphatic heterocycles. The molecule has 262 valence electrons. The maximum atomic E-state index is 14.3. The van der Waals surface area contributed by atoms with E-state index in [9.17, 15) is 28.4 Å². The van der Waals surface area contributed by atoms with Crippen molar-refractivity contribution >= 4 is 30.0 Å². The Labute approximate surface area is 281 Å². The van der Waals surface area contributed by atoms with E-state index in [0.29, 0.717) is 17.5 Å². The van der Waals surface area contributed by atoms with Crippen LogP contribution in [0.4, 0.5) is 14.0 Å². The smallest absolute Gasteiger partial charge is 0.410 e. The topological polar surface area (TPSA) is 144 Å². The van der Waals surface area contributed by atoms with Gasteiger partial charge >= 0.3 is 18.2 Å². The van der Waals surface area contributed by atoms with Gasteiger partial charge < -0.3 is 29.7 Å². The van der Waals surface area contributed by atoms with Crippen molar-refractivity contribution in [1.29, 1.82) is 0 Å². The molecule has 1 saturated heterocycles. The molecule has 48 heavy (non-hydrogen) atoms. The van der Waals surface area contributed by atoms with E-state index in [1.54, 1.807) is 39.0 Å². The number of likely N-dealkylation sites (tertiary alicyclic amines) is 1. The molecule has 0 aromatic heterocycles. The van der Waals surface area contributed by atoms with Crippen LogP contribution < -0.4 is 10.6 Å². The van der Waals surface area contributed by atoms with Crippen molar-refractivity contribution in [3.8, 4) is 0 Å². The summed E-state index contributed by atoms with van der Waals surface area (Å²) in [5.74, 6) is -2.59. The number of alkyl carbamates (subject to hydrolysis) is 1. The Balaban J connectivity index is 1.55. The molecule has 3 aliphatic rings. The SMILES string of the molecule is C=CCCCCC[C@H](NC(=O)OC(C)(C)C)C(=O)N1C[C@H](OC(=O)N2Cc3cccc(F)c3C2)C[C@H]1C(=O)N[C@]1(C(=O)OC)CC1C=C. The number of ether oxygens (including phenoxy) is 3. The number of halogens is 1. The van der Waals surface area contributed by atoms with Crippen molar-refractivity contribution in [1.82, 2.24) is 20.4 Å². The fourth-order valence-electron chi connectivity index (χ4n) is 6.31. The summed E-state index contributed by atoms with van der Waals surface area (Å²) in [6, 6.07) is 2.46. The Morgan fingerprint density at radius 3 is 2.50 bits per heavy atom. The second kappa shape index (κ2) is 15.2. The average Bonchev–Trinajstić information content (AvgIpc) is 3.33. The zero-order valence-electron chi connectivity index (χ0n) is 28.2. The van der Waals surface area contributed by atoms with Crippen LogP contribution in [0, 0.1) is 11.7 Å². The van der Waals surface area contributed by atoms with Gasteiger partial charge in [0.2, 0.25) is 11.8 Å². The third-order valence-corrected chi connectivity index (χ3v) is 8.89. The number of nitrogens with one attached hydrogen (secondary N) is 2. The van der Waals surface area contributed by atoms with Gasteiger partial charge in [-0.05, 0) is 58.1 Å². The fourth-order valence-corrected chi connectivity index (χ4v) is 6.31. The summed E-state index contributed by atoms with van der Waals surface area (Å²) in [6.07, 6.45) is 4.50. The Kier molecular flexibility index (Phi) is 11.5. The standard InChI is InChI=1S/C35H47FN4O8/c1-7-9-10-11-12-16-27(37-32(44)48-34(3,4)5)30(42)40-20-24(47-33(45)39-19-22-14-13-15-26(36)25(22)21-39)17-28(40)29(41)38-35(31(43)46-6)18-23(35)8-2/h7-8,13-15,23-24,27-28H,1-2,9-12,16-21H2,3-6H3,(H,37,44)(H,38,41)/t23?,24-,27+,28+,35-/m1/s1. The van der Waals surface area contributed by atoms with Crippen molar-refractivity contribution < 1.29 is 42.6 Å². The molecular weight excluding hydrogens is 623 g/mol. The summed E-state index contributed by atoms with van der Waals surface area (Å²) in [5, 5.41) is 5.45. The van der Waals surface area contributed by atoms with Crippen LogP contribution >= 0.6 is 0 Å². The quantitative estimate of drug-likeness (QED) is 0.135. The van der Waals surface area contributed by atoms with Gasteiger partial charge in [-0.3, -0.25) is 14.5 Å². The van der Waals surface area contributed by atoms with Crippen LogP contribution in [0.15, 0.2) is 43.5 Å². The van der Waals surface area contributed by atoms with E-state index >= 15 is 0 Å². The Morgan fingerprint density at radius 2 is 1.88 bits per heavy atom. The maximum Gasteiger partial charge on any atom is 0.410 e. The highest BCUT2D eigenvalue weighted by atomic mass is 19.1. The number of unbranched alkanes of at least 4 members (excludes halogenated alkanes) is 3.